The summed E-state index contributed by atoms with van der Waals surface area (Å²) in [6.45, 7) is 0.770. The lowest BCUT2D eigenvalue weighted by atomic mass is 9.94. The van der Waals surface area contributed by atoms with Crippen LogP contribution in [-0.4, -0.2) is 43.2 Å². The van der Waals surface area contributed by atoms with Gasteiger partial charge in [-0.05, 0) is 42.4 Å². The number of hydrogen-bond donors (Lipinski definition) is 0. The molecule has 1 saturated carbocycles. The molecule has 3 rings (SSSR count). The molecule has 0 unspecified atom stereocenters. The molecule has 0 aromatic carbocycles. The van der Waals surface area contributed by atoms with E-state index in [0.717, 1.165) is 18.1 Å². The number of hydrogen-bond acceptors (Lipinski definition) is 5. The van der Waals surface area contributed by atoms with Crippen LogP contribution in [0.1, 0.15) is 37.9 Å². The highest BCUT2D eigenvalue weighted by Crippen LogP contribution is 2.22. The minimum Gasteiger partial charge on any atom is -0.296 e. The van der Waals surface area contributed by atoms with Crippen LogP contribution in [0.25, 0.3) is 5.69 Å². The van der Waals surface area contributed by atoms with E-state index in [0.29, 0.717) is 6.04 Å². The summed E-state index contributed by atoms with van der Waals surface area (Å²) < 4.78 is 1.77. The van der Waals surface area contributed by atoms with Gasteiger partial charge in [0.05, 0.1) is 18.4 Å². The van der Waals surface area contributed by atoms with E-state index >= 15 is 0 Å². The smallest absolute Gasteiger partial charge is 0.170 e. The molecule has 0 atom stereocenters. The molecule has 0 spiro atoms. The number of tetrazole rings is 1. The van der Waals surface area contributed by atoms with Crippen molar-refractivity contribution in [2.45, 2.75) is 44.7 Å². The molecule has 1 aliphatic carbocycles. The van der Waals surface area contributed by atoms with E-state index in [2.05, 4.69) is 32.5 Å². The Bertz CT molecular complexity index is 532. The van der Waals surface area contributed by atoms with Gasteiger partial charge in [-0.15, -0.1) is 5.10 Å². The lowest BCUT2D eigenvalue weighted by Gasteiger charge is -2.30. The Balaban J connectivity index is 1.73. The molecule has 2 aromatic heterocycles. The minimum atomic E-state index is 0.655. The fourth-order valence-corrected chi connectivity index (χ4v) is 2.86. The largest absolute Gasteiger partial charge is 0.296 e. The Morgan fingerprint density at radius 1 is 1.30 bits per heavy atom. The van der Waals surface area contributed by atoms with Crippen molar-refractivity contribution < 1.29 is 0 Å². The monoisotopic (exact) mass is 272 g/mol. The molecule has 0 saturated heterocycles. The maximum absolute atomic E-state index is 4.16. The van der Waals surface area contributed by atoms with Gasteiger partial charge < -0.3 is 0 Å². The van der Waals surface area contributed by atoms with Gasteiger partial charge in [0.15, 0.2) is 5.82 Å². The Labute approximate surface area is 118 Å². The Morgan fingerprint density at radius 2 is 2.15 bits per heavy atom. The van der Waals surface area contributed by atoms with Gasteiger partial charge >= 0.3 is 0 Å². The number of rotatable bonds is 4. The number of aromatic nitrogens is 5. The normalized spacial score (nSPS) is 16.7. The molecule has 0 radical (unpaired) electrons. The molecule has 1 fully saturated rings. The second-order valence-electron chi connectivity index (χ2n) is 5.43. The first kappa shape index (κ1) is 13.2. The number of pyridine rings is 1. The van der Waals surface area contributed by atoms with E-state index in [9.17, 15) is 0 Å². The van der Waals surface area contributed by atoms with Crippen molar-refractivity contribution in [3.8, 4) is 5.69 Å². The molecule has 6 nitrogen and oxygen atoms in total. The van der Waals surface area contributed by atoms with Crippen molar-refractivity contribution in [3.63, 3.8) is 0 Å². The first-order chi connectivity index (χ1) is 9.84. The van der Waals surface area contributed by atoms with E-state index in [1.54, 1.807) is 17.1 Å². The van der Waals surface area contributed by atoms with E-state index < -0.39 is 0 Å². The Morgan fingerprint density at radius 3 is 2.90 bits per heavy atom. The first-order valence-corrected chi connectivity index (χ1v) is 7.22. The predicted molar refractivity (Wildman–Crippen MR) is 75.3 cm³/mol. The molecular formula is C14H20N6. The van der Waals surface area contributed by atoms with Gasteiger partial charge in [0.25, 0.3) is 0 Å². The molecule has 0 aliphatic heterocycles. The van der Waals surface area contributed by atoms with Crippen LogP contribution >= 0.6 is 0 Å². The van der Waals surface area contributed by atoms with Crippen LogP contribution in [0.15, 0.2) is 24.5 Å². The zero-order valence-corrected chi connectivity index (χ0v) is 11.8. The van der Waals surface area contributed by atoms with Crippen molar-refractivity contribution in [2.24, 2.45) is 0 Å². The van der Waals surface area contributed by atoms with E-state index in [1.807, 2.05) is 12.1 Å². The maximum atomic E-state index is 4.16. The van der Waals surface area contributed by atoms with Crippen molar-refractivity contribution in [3.05, 3.63) is 30.4 Å². The van der Waals surface area contributed by atoms with Crippen LogP contribution in [0.4, 0.5) is 0 Å². The SMILES string of the molecule is CN(Cc1nnnn1-c1cccnc1)C1CCCCC1. The molecule has 2 heterocycles. The van der Waals surface area contributed by atoms with Crippen LogP contribution in [0.3, 0.4) is 0 Å². The number of nitrogens with zero attached hydrogens (tertiary/aromatic N) is 6. The van der Waals surface area contributed by atoms with Gasteiger partial charge in [-0.1, -0.05) is 19.3 Å². The van der Waals surface area contributed by atoms with Gasteiger partial charge in [-0.3, -0.25) is 9.88 Å². The minimum absolute atomic E-state index is 0.655. The van der Waals surface area contributed by atoms with E-state index in [4.69, 9.17) is 0 Å². The fourth-order valence-electron chi connectivity index (χ4n) is 2.86. The quantitative estimate of drug-likeness (QED) is 0.849. The highest BCUT2D eigenvalue weighted by atomic mass is 15.5. The average Bonchev–Trinajstić information content (AvgIpc) is 2.97. The Kier molecular flexibility index (Phi) is 4.01. The summed E-state index contributed by atoms with van der Waals surface area (Å²) in [5.41, 5.74) is 0.907. The standard InChI is InChI=1S/C14H20N6/c1-19(12-6-3-2-4-7-12)11-14-16-17-18-20(14)13-8-5-9-15-10-13/h5,8-10,12H,2-4,6-7,11H2,1H3. The van der Waals surface area contributed by atoms with Crippen LogP contribution in [-0.2, 0) is 6.54 Å². The van der Waals surface area contributed by atoms with E-state index in [1.165, 1.54) is 32.1 Å². The highest BCUT2D eigenvalue weighted by molar-refractivity contribution is 5.26. The first-order valence-electron chi connectivity index (χ1n) is 7.22. The lowest BCUT2D eigenvalue weighted by Crippen LogP contribution is -2.33. The molecule has 6 heteroatoms. The third-order valence-corrected chi connectivity index (χ3v) is 4.01. The average molecular weight is 272 g/mol. The third kappa shape index (κ3) is 2.85. The summed E-state index contributed by atoms with van der Waals surface area (Å²) in [6, 6.07) is 4.52. The van der Waals surface area contributed by atoms with Crippen LogP contribution < -0.4 is 0 Å². The van der Waals surface area contributed by atoms with Gasteiger partial charge in [-0.2, -0.15) is 4.68 Å². The summed E-state index contributed by atoms with van der Waals surface area (Å²) >= 11 is 0. The molecule has 1 aliphatic rings. The second-order valence-corrected chi connectivity index (χ2v) is 5.43. The van der Waals surface area contributed by atoms with Crippen LogP contribution in [0, 0.1) is 0 Å². The molecule has 20 heavy (non-hydrogen) atoms. The Hall–Kier alpha value is -1.82. The topological polar surface area (TPSA) is 59.7 Å². The fraction of sp³-hybridized carbons (Fsp3) is 0.571. The lowest BCUT2D eigenvalue weighted by molar-refractivity contribution is 0.179. The van der Waals surface area contributed by atoms with Gasteiger partial charge in [-0.25, -0.2) is 0 Å². The highest BCUT2D eigenvalue weighted by Gasteiger charge is 2.20. The summed E-state index contributed by atoms with van der Waals surface area (Å²) in [6.07, 6.45) is 10.1. The molecule has 0 amide bonds. The molecule has 106 valence electrons. The van der Waals surface area contributed by atoms with Gasteiger partial charge in [0.2, 0.25) is 0 Å². The van der Waals surface area contributed by atoms with E-state index in [-0.39, 0.29) is 0 Å². The van der Waals surface area contributed by atoms with Crippen LogP contribution in [0.2, 0.25) is 0 Å². The molecule has 0 N–H and O–H groups in total. The van der Waals surface area contributed by atoms with Crippen molar-refractivity contribution in [2.75, 3.05) is 7.05 Å². The summed E-state index contributed by atoms with van der Waals surface area (Å²) in [5, 5.41) is 12.0. The van der Waals surface area contributed by atoms with Crippen molar-refractivity contribution in [1.82, 2.24) is 30.1 Å². The second kappa shape index (κ2) is 6.09. The zero-order valence-electron chi connectivity index (χ0n) is 11.8. The zero-order chi connectivity index (χ0) is 13.8. The summed E-state index contributed by atoms with van der Waals surface area (Å²) in [5.74, 6) is 0.867. The van der Waals surface area contributed by atoms with Gasteiger partial charge in [0.1, 0.15) is 0 Å². The van der Waals surface area contributed by atoms with Gasteiger partial charge in [0, 0.05) is 12.2 Å². The molecule has 0 bridgehead atoms. The third-order valence-electron chi connectivity index (χ3n) is 4.01. The predicted octanol–water partition coefficient (Wildman–Crippen LogP) is 1.82. The van der Waals surface area contributed by atoms with Crippen LogP contribution in [0.5, 0.6) is 0 Å². The molecular weight excluding hydrogens is 252 g/mol. The summed E-state index contributed by atoms with van der Waals surface area (Å²) in [4.78, 5) is 6.49. The van der Waals surface area contributed by atoms with Crippen molar-refractivity contribution >= 4 is 0 Å². The maximum Gasteiger partial charge on any atom is 0.170 e. The molecule has 2 aromatic rings. The van der Waals surface area contributed by atoms with Crippen molar-refractivity contribution in [1.29, 1.82) is 0 Å². The summed E-state index contributed by atoms with van der Waals surface area (Å²) in [7, 11) is 2.16.